The van der Waals surface area contributed by atoms with E-state index < -0.39 is 10.0 Å². The van der Waals surface area contributed by atoms with Crippen molar-refractivity contribution in [3.05, 3.63) is 0 Å². The molecule has 2 rings (SSSR count). The lowest BCUT2D eigenvalue weighted by Gasteiger charge is -2.29. The number of rotatable bonds is 6. The molecule has 0 amide bonds. The van der Waals surface area contributed by atoms with E-state index in [9.17, 15) is 8.42 Å². The van der Waals surface area contributed by atoms with Crippen LogP contribution in [0.2, 0.25) is 0 Å². The van der Waals surface area contributed by atoms with Gasteiger partial charge in [0, 0.05) is 30.8 Å². The Morgan fingerprint density at radius 2 is 2.22 bits per heavy atom. The zero-order valence-electron chi connectivity index (χ0n) is 10.4. The summed E-state index contributed by atoms with van der Waals surface area (Å²) in [7, 11) is -3.24. The molecule has 0 aromatic rings. The third kappa shape index (κ3) is 3.76. The van der Waals surface area contributed by atoms with Crippen molar-refractivity contribution in [1.82, 2.24) is 4.31 Å². The van der Waals surface area contributed by atoms with Gasteiger partial charge in [-0.1, -0.05) is 0 Å². The number of ether oxygens (including phenoxy) is 1. The van der Waals surface area contributed by atoms with Gasteiger partial charge < -0.3 is 4.74 Å². The molecule has 0 N–H and O–H groups in total. The standard InChI is InChI=1S/C11H20ClNO3S2/c12-4-7-18(14,15)13(10-3-6-17-9-10)8-11-2-1-5-16-11/h10-11H,1-9H2. The van der Waals surface area contributed by atoms with E-state index in [1.807, 2.05) is 11.8 Å². The van der Waals surface area contributed by atoms with Crippen molar-refractivity contribution in [2.24, 2.45) is 0 Å². The molecule has 2 fully saturated rings. The predicted octanol–water partition coefficient (Wildman–Crippen LogP) is 1.54. The molecular weight excluding hydrogens is 294 g/mol. The highest BCUT2D eigenvalue weighted by atomic mass is 35.5. The van der Waals surface area contributed by atoms with Gasteiger partial charge in [0.2, 0.25) is 10.0 Å². The van der Waals surface area contributed by atoms with Crippen LogP contribution >= 0.6 is 23.4 Å². The highest BCUT2D eigenvalue weighted by molar-refractivity contribution is 7.99. The quantitative estimate of drug-likeness (QED) is 0.698. The monoisotopic (exact) mass is 313 g/mol. The molecule has 2 unspecified atom stereocenters. The van der Waals surface area contributed by atoms with Crippen LogP contribution < -0.4 is 0 Å². The molecule has 106 valence electrons. The molecule has 0 aliphatic carbocycles. The smallest absolute Gasteiger partial charge is 0.215 e. The maximum Gasteiger partial charge on any atom is 0.215 e. The fraction of sp³-hybridized carbons (Fsp3) is 1.00. The number of halogens is 1. The molecule has 0 bridgehead atoms. The Kier molecular flexibility index (Phi) is 5.63. The molecule has 7 heteroatoms. The Morgan fingerprint density at radius 3 is 2.78 bits per heavy atom. The van der Waals surface area contributed by atoms with Crippen molar-refractivity contribution in [1.29, 1.82) is 0 Å². The minimum atomic E-state index is -3.24. The van der Waals surface area contributed by atoms with Crippen LogP contribution in [0.15, 0.2) is 0 Å². The molecule has 0 spiro atoms. The number of thioether (sulfide) groups is 1. The second kappa shape index (κ2) is 6.79. The molecule has 2 heterocycles. The van der Waals surface area contributed by atoms with Crippen LogP contribution in [-0.4, -0.2) is 61.2 Å². The normalized spacial score (nSPS) is 29.2. The third-order valence-corrected chi connectivity index (χ3v) is 6.85. The van der Waals surface area contributed by atoms with Gasteiger partial charge in [-0.25, -0.2) is 8.42 Å². The molecule has 2 atom stereocenters. The van der Waals surface area contributed by atoms with Gasteiger partial charge in [-0.2, -0.15) is 16.1 Å². The fourth-order valence-electron chi connectivity index (χ4n) is 2.44. The number of alkyl halides is 1. The first kappa shape index (κ1) is 14.9. The van der Waals surface area contributed by atoms with E-state index in [1.165, 1.54) is 0 Å². The minimum Gasteiger partial charge on any atom is -0.377 e. The van der Waals surface area contributed by atoms with Crippen LogP contribution in [0.5, 0.6) is 0 Å². The van der Waals surface area contributed by atoms with Crippen molar-refractivity contribution in [2.75, 3.05) is 36.3 Å². The summed E-state index contributed by atoms with van der Waals surface area (Å²) < 4.78 is 31.8. The number of sulfonamides is 1. The molecule has 2 aliphatic rings. The van der Waals surface area contributed by atoms with Gasteiger partial charge in [0.15, 0.2) is 0 Å². The molecule has 0 aromatic carbocycles. The lowest BCUT2D eigenvalue weighted by Crippen LogP contribution is -2.45. The number of hydrogen-bond donors (Lipinski definition) is 0. The Bertz CT molecular complexity index is 351. The first-order valence-corrected chi connectivity index (χ1v) is 9.68. The summed E-state index contributed by atoms with van der Waals surface area (Å²) in [4.78, 5) is 0. The summed E-state index contributed by atoms with van der Waals surface area (Å²) >= 11 is 7.43. The topological polar surface area (TPSA) is 46.6 Å². The second-order valence-corrected chi connectivity index (χ2v) is 8.30. The van der Waals surface area contributed by atoms with Crippen LogP contribution in [-0.2, 0) is 14.8 Å². The average Bonchev–Trinajstić information content (AvgIpc) is 2.99. The van der Waals surface area contributed by atoms with Gasteiger partial charge in [0.05, 0.1) is 11.9 Å². The average molecular weight is 314 g/mol. The van der Waals surface area contributed by atoms with Gasteiger partial charge in [0.1, 0.15) is 0 Å². The SMILES string of the molecule is O=S(=O)(CCCl)N(CC1CCCO1)C1CCSC1. The third-order valence-electron chi connectivity index (χ3n) is 3.41. The summed E-state index contributed by atoms with van der Waals surface area (Å²) in [6.45, 7) is 1.26. The Labute approximate surface area is 118 Å². The van der Waals surface area contributed by atoms with Crippen molar-refractivity contribution >= 4 is 33.4 Å². The lowest BCUT2D eigenvalue weighted by molar-refractivity contribution is 0.0878. The zero-order chi connectivity index (χ0) is 13.0. The highest BCUT2D eigenvalue weighted by Gasteiger charge is 2.34. The van der Waals surface area contributed by atoms with Crippen molar-refractivity contribution in [3.8, 4) is 0 Å². The first-order valence-electron chi connectivity index (χ1n) is 6.38. The fourth-order valence-corrected chi connectivity index (χ4v) is 5.80. The highest BCUT2D eigenvalue weighted by Crippen LogP contribution is 2.26. The molecule has 2 aliphatic heterocycles. The summed E-state index contributed by atoms with van der Waals surface area (Å²) in [6.07, 6.45) is 3.01. The Morgan fingerprint density at radius 1 is 1.39 bits per heavy atom. The summed E-state index contributed by atoms with van der Waals surface area (Å²) in [5, 5.41) is 0. The van der Waals surface area contributed by atoms with E-state index in [1.54, 1.807) is 4.31 Å². The predicted molar refractivity (Wildman–Crippen MR) is 75.9 cm³/mol. The van der Waals surface area contributed by atoms with Crippen molar-refractivity contribution in [3.63, 3.8) is 0 Å². The minimum absolute atomic E-state index is 0.0302. The summed E-state index contributed by atoms with van der Waals surface area (Å²) in [6, 6.07) is 0.132. The summed E-state index contributed by atoms with van der Waals surface area (Å²) in [5.74, 6) is 2.13. The zero-order valence-corrected chi connectivity index (χ0v) is 12.8. The van der Waals surface area contributed by atoms with Gasteiger partial charge in [0.25, 0.3) is 0 Å². The van der Waals surface area contributed by atoms with Crippen molar-refractivity contribution in [2.45, 2.75) is 31.4 Å². The van der Waals surface area contributed by atoms with Crippen LogP contribution in [0.1, 0.15) is 19.3 Å². The first-order chi connectivity index (χ1) is 8.63. The van der Waals surface area contributed by atoms with E-state index in [0.29, 0.717) is 6.54 Å². The van der Waals surface area contributed by atoms with Gasteiger partial charge in [-0.3, -0.25) is 0 Å². The largest absolute Gasteiger partial charge is 0.377 e. The Hall–Kier alpha value is 0.510. The molecule has 4 nitrogen and oxygen atoms in total. The van der Waals surface area contributed by atoms with Gasteiger partial charge >= 0.3 is 0 Å². The molecule has 18 heavy (non-hydrogen) atoms. The van der Waals surface area contributed by atoms with Crippen LogP contribution in [0.4, 0.5) is 0 Å². The number of nitrogens with zero attached hydrogens (tertiary/aromatic N) is 1. The summed E-state index contributed by atoms with van der Waals surface area (Å²) in [5.41, 5.74) is 0. The van der Waals surface area contributed by atoms with Crippen LogP contribution in [0, 0.1) is 0 Å². The second-order valence-electron chi connectivity index (χ2n) is 4.73. The molecule has 0 saturated carbocycles. The molecular formula is C11H20ClNO3S2. The van der Waals surface area contributed by atoms with Gasteiger partial charge in [-0.15, -0.1) is 11.6 Å². The van der Waals surface area contributed by atoms with E-state index in [4.69, 9.17) is 16.3 Å². The maximum atomic E-state index is 12.3. The molecule has 0 radical (unpaired) electrons. The molecule has 0 aromatic heterocycles. The van der Waals surface area contributed by atoms with Crippen LogP contribution in [0.3, 0.4) is 0 Å². The lowest BCUT2D eigenvalue weighted by atomic mass is 10.2. The van der Waals surface area contributed by atoms with E-state index >= 15 is 0 Å². The van der Waals surface area contributed by atoms with Gasteiger partial charge in [-0.05, 0) is 25.0 Å². The Balaban J connectivity index is 2.05. The van der Waals surface area contributed by atoms with E-state index in [0.717, 1.165) is 37.4 Å². The van der Waals surface area contributed by atoms with E-state index in [-0.39, 0.29) is 23.8 Å². The maximum absolute atomic E-state index is 12.3. The van der Waals surface area contributed by atoms with Crippen LogP contribution in [0.25, 0.3) is 0 Å². The number of hydrogen-bond acceptors (Lipinski definition) is 4. The van der Waals surface area contributed by atoms with Crippen molar-refractivity contribution < 1.29 is 13.2 Å². The molecule has 2 saturated heterocycles. The van der Waals surface area contributed by atoms with E-state index in [2.05, 4.69) is 0 Å².